The largest absolute Gasteiger partial charge is 0.497 e. The van der Waals surface area contributed by atoms with Crippen LogP contribution in [0.2, 0.25) is 0 Å². The zero-order valence-corrected chi connectivity index (χ0v) is 14.2. The molecule has 1 unspecified atom stereocenters. The summed E-state index contributed by atoms with van der Waals surface area (Å²) in [5.74, 6) is 0.867. The normalized spacial score (nSPS) is 12.6. The van der Waals surface area contributed by atoms with Crippen LogP contribution in [0, 0.1) is 0 Å². The van der Waals surface area contributed by atoms with Crippen LogP contribution in [-0.2, 0) is 11.2 Å². The van der Waals surface area contributed by atoms with Gasteiger partial charge in [-0.2, -0.15) is 0 Å². The van der Waals surface area contributed by atoms with Gasteiger partial charge in [0, 0.05) is 19.1 Å². The second kappa shape index (κ2) is 8.63. The van der Waals surface area contributed by atoms with Gasteiger partial charge in [0.1, 0.15) is 11.4 Å². The highest BCUT2D eigenvalue weighted by atomic mass is 16.6. The van der Waals surface area contributed by atoms with E-state index in [0.717, 1.165) is 12.2 Å². The summed E-state index contributed by atoms with van der Waals surface area (Å²) in [7, 11) is 1.66. The van der Waals surface area contributed by atoms with Gasteiger partial charge in [0.2, 0.25) is 0 Å². The fourth-order valence-electron chi connectivity index (χ4n) is 1.98. The minimum atomic E-state index is -0.459. The summed E-state index contributed by atoms with van der Waals surface area (Å²) in [6, 6.07) is 8.39. The van der Waals surface area contributed by atoms with Crippen LogP contribution in [0.1, 0.15) is 33.3 Å². The van der Waals surface area contributed by atoms with Crippen molar-refractivity contribution in [2.24, 2.45) is 0 Å². The zero-order valence-electron chi connectivity index (χ0n) is 14.2. The highest BCUT2D eigenvalue weighted by molar-refractivity contribution is 5.67. The second-order valence-corrected chi connectivity index (χ2v) is 6.34. The maximum absolute atomic E-state index is 11.5. The molecule has 1 aromatic rings. The van der Waals surface area contributed by atoms with Crippen molar-refractivity contribution in [3.05, 3.63) is 29.8 Å². The molecule has 0 bridgehead atoms. The van der Waals surface area contributed by atoms with Crippen LogP contribution in [0.5, 0.6) is 5.75 Å². The number of ether oxygens (including phenoxy) is 2. The lowest BCUT2D eigenvalue weighted by atomic mass is 10.1. The molecule has 5 nitrogen and oxygen atoms in total. The topological polar surface area (TPSA) is 59.6 Å². The minimum Gasteiger partial charge on any atom is -0.497 e. The molecule has 0 aliphatic heterocycles. The molecule has 0 spiro atoms. The smallest absolute Gasteiger partial charge is 0.407 e. The Morgan fingerprint density at radius 1 is 1.18 bits per heavy atom. The molecule has 0 fully saturated rings. The molecule has 0 aliphatic rings. The Morgan fingerprint density at radius 3 is 2.36 bits per heavy atom. The lowest BCUT2D eigenvalue weighted by molar-refractivity contribution is 0.0528. The average Bonchev–Trinajstić information content (AvgIpc) is 2.42. The van der Waals surface area contributed by atoms with E-state index in [1.807, 2.05) is 32.9 Å². The number of methoxy groups -OCH3 is 1. The van der Waals surface area contributed by atoms with E-state index < -0.39 is 5.60 Å². The number of carbonyl (C=O) groups excluding carboxylic acids is 1. The summed E-state index contributed by atoms with van der Waals surface area (Å²) in [4.78, 5) is 11.5. The van der Waals surface area contributed by atoms with Crippen molar-refractivity contribution in [1.82, 2.24) is 10.6 Å². The molecule has 1 amide bonds. The number of carbonyl (C=O) groups is 1. The third-order valence-electron chi connectivity index (χ3n) is 2.99. The zero-order chi connectivity index (χ0) is 16.6. The fraction of sp³-hybridized carbons (Fsp3) is 0.588. The Kier molecular flexibility index (Phi) is 7.18. The molecular formula is C17H28N2O3. The van der Waals surface area contributed by atoms with Crippen LogP contribution in [0.3, 0.4) is 0 Å². The first-order valence-electron chi connectivity index (χ1n) is 7.63. The van der Waals surface area contributed by atoms with Crippen molar-refractivity contribution < 1.29 is 14.3 Å². The SMILES string of the molecule is COc1ccc(CC(C)NCCNC(=O)OC(C)(C)C)cc1. The quantitative estimate of drug-likeness (QED) is 0.760. The molecule has 22 heavy (non-hydrogen) atoms. The van der Waals surface area contributed by atoms with E-state index in [1.165, 1.54) is 5.56 Å². The van der Waals surface area contributed by atoms with Gasteiger partial charge < -0.3 is 20.1 Å². The molecule has 1 rings (SSSR count). The molecule has 1 atom stereocenters. The van der Waals surface area contributed by atoms with Gasteiger partial charge in [-0.15, -0.1) is 0 Å². The van der Waals surface area contributed by atoms with Gasteiger partial charge in [0.05, 0.1) is 7.11 Å². The first kappa shape index (κ1) is 18.3. The van der Waals surface area contributed by atoms with Crippen molar-refractivity contribution in [2.75, 3.05) is 20.2 Å². The van der Waals surface area contributed by atoms with Crippen LogP contribution in [0.15, 0.2) is 24.3 Å². The van der Waals surface area contributed by atoms with E-state index in [-0.39, 0.29) is 6.09 Å². The monoisotopic (exact) mass is 308 g/mol. The van der Waals surface area contributed by atoms with Gasteiger partial charge in [0.25, 0.3) is 0 Å². The van der Waals surface area contributed by atoms with E-state index >= 15 is 0 Å². The van der Waals surface area contributed by atoms with Crippen LogP contribution >= 0.6 is 0 Å². The summed E-state index contributed by atoms with van der Waals surface area (Å²) >= 11 is 0. The van der Waals surface area contributed by atoms with Crippen molar-refractivity contribution in [1.29, 1.82) is 0 Å². The standard InChI is InChI=1S/C17H28N2O3/c1-13(12-14-6-8-15(21-5)9-7-14)18-10-11-19-16(20)22-17(2,3)4/h6-9,13,18H,10-12H2,1-5H3,(H,19,20). The maximum Gasteiger partial charge on any atom is 0.407 e. The lowest BCUT2D eigenvalue weighted by Gasteiger charge is -2.20. The third kappa shape index (κ3) is 7.88. The fourth-order valence-corrected chi connectivity index (χ4v) is 1.98. The van der Waals surface area contributed by atoms with E-state index in [4.69, 9.17) is 9.47 Å². The highest BCUT2D eigenvalue weighted by Crippen LogP contribution is 2.12. The predicted molar refractivity (Wildman–Crippen MR) is 88.4 cm³/mol. The number of rotatable bonds is 7. The Bertz CT molecular complexity index is 452. The van der Waals surface area contributed by atoms with Gasteiger partial charge in [0.15, 0.2) is 0 Å². The first-order valence-corrected chi connectivity index (χ1v) is 7.63. The summed E-state index contributed by atoms with van der Waals surface area (Å²) in [5, 5.41) is 6.11. The van der Waals surface area contributed by atoms with Crippen molar-refractivity contribution in [2.45, 2.75) is 45.8 Å². The molecule has 0 aromatic heterocycles. The van der Waals surface area contributed by atoms with Gasteiger partial charge in [-0.05, 0) is 51.8 Å². The van der Waals surface area contributed by atoms with Gasteiger partial charge >= 0.3 is 6.09 Å². The Balaban J connectivity index is 2.20. The molecule has 5 heteroatoms. The average molecular weight is 308 g/mol. The summed E-state index contributed by atoms with van der Waals surface area (Å²) < 4.78 is 10.3. The molecule has 1 aromatic carbocycles. The minimum absolute atomic E-state index is 0.328. The highest BCUT2D eigenvalue weighted by Gasteiger charge is 2.15. The summed E-state index contributed by atoms with van der Waals surface area (Å²) in [5.41, 5.74) is 0.792. The Morgan fingerprint density at radius 2 is 1.82 bits per heavy atom. The van der Waals surface area contributed by atoms with Gasteiger partial charge in [-0.3, -0.25) is 0 Å². The van der Waals surface area contributed by atoms with Crippen LogP contribution in [-0.4, -0.2) is 37.9 Å². The molecule has 0 radical (unpaired) electrons. The van der Waals surface area contributed by atoms with Crippen molar-refractivity contribution >= 4 is 6.09 Å². The number of benzene rings is 1. The number of hydrogen-bond acceptors (Lipinski definition) is 4. The van der Waals surface area contributed by atoms with Crippen molar-refractivity contribution in [3.63, 3.8) is 0 Å². The van der Waals surface area contributed by atoms with Crippen molar-refractivity contribution in [3.8, 4) is 5.75 Å². The van der Waals surface area contributed by atoms with E-state index in [2.05, 4.69) is 29.7 Å². The molecule has 2 N–H and O–H groups in total. The van der Waals surface area contributed by atoms with E-state index in [1.54, 1.807) is 7.11 Å². The third-order valence-corrected chi connectivity index (χ3v) is 2.99. The Hall–Kier alpha value is -1.75. The molecule has 0 aliphatic carbocycles. The van der Waals surface area contributed by atoms with Gasteiger partial charge in [-0.1, -0.05) is 12.1 Å². The maximum atomic E-state index is 11.5. The second-order valence-electron chi connectivity index (χ2n) is 6.34. The molecule has 0 saturated heterocycles. The first-order chi connectivity index (χ1) is 10.3. The lowest BCUT2D eigenvalue weighted by Crippen LogP contribution is -2.39. The van der Waals surface area contributed by atoms with Gasteiger partial charge in [-0.25, -0.2) is 4.79 Å². The molecule has 0 heterocycles. The van der Waals surface area contributed by atoms with Crippen LogP contribution in [0.4, 0.5) is 4.79 Å². The molecular weight excluding hydrogens is 280 g/mol. The number of amides is 1. The molecule has 0 saturated carbocycles. The number of nitrogens with one attached hydrogen (secondary N) is 2. The van der Waals surface area contributed by atoms with Crippen LogP contribution < -0.4 is 15.4 Å². The van der Waals surface area contributed by atoms with E-state index in [0.29, 0.717) is 19.1 Å². The summed E-state index contributed by atoms with van der Waals surface area (Å²) in [6.45, 7) is 8.92. The Labute approximate surface area is 133 Å². The van der Waals surface area contributed by atoms with E-state index in [9.17, 15) is 4.79 Å². The van der Waals surface area contributed by atoms with Crippen LogP contribution in [0.25, 0.3) is 0 Å². The number of alkyl carbamates (subject to hydrolysis) is 1. The predicted octanol–water partition coefficient (Wildman–Crippen LogP) is 2.74. The molecule has 124 valence electrons. The summed E-state index contributed by atoms with van der Waals surface area (Å²) in [6.07, 6.45) is 0.549. The number of hydrogen-bond donors (Lipinski definition) is 2.